The molecule has 0 aromatic heterocycles. The van der Waals surface area contributed by atoms with Crippen molar-refractivity contribution in [2.24, 2.45) is 0 Å². The maximum Gasteiger partial charge on any atom is 0.536 e. The summed E-state index contributed by atoms with van der Waals surface area (Å²) in [5, 5.41) is 0.892. The second kappa shape index (κ2) is 6.16. The fraction of sp³-hybridized carbons (Fsp3) is 0.500. The molecule has 4 nitrogen and oxygen atoms in total. The first-order valence-corrected chi connectivity index (χ1v) is 7.23. The van der Waals surface area contributed by atoms with Crippen molar-refractivity contribution < 1.29 is 18.0 Å². The monoisotopic (exact) mass is 256 g/mol. The second-order valence-electron chi connectivity index (χ2n) is 3.86. The summed E-state index contributed by atoms with van der Waals surface area (Å²) < 4.78 is 21.9. The van der Waals surface area contributed by atoms with Gasteiger partial charge in [0.2, 0.25) is 0 Å². The van der Waals surface area contributed by atoms with E-state index in [2.05, 4.69) is 0 Å². The largest absolute Gasteiger partial charge is 0.536 e. The molecule has 0 aliphatic carbocycles. The molecule has 0 radical (unpaired) electrons. The summed E-state index contributed by atoms with van der Waals surface area (Å²) in [6.07, 6.45) is 0.133. The number of benzene rings is 1. The van der Waals surface area contributed by atoms with Gasteiger partial charge < -0.3 is 18.0 Å². The van der Waals surface area contributed by atoms with Crippen LogP contribution in [0.1, 0.15) is 13.8 Å². The van der Waals surface area contributed by atoms with Gasteiger partial charge in [0.25, 0.3) is 0 Å². The Hall–Kier alpha value is -0.883. The quantitative estimate of drug-likeness (QED) is 0.724. The molecule has 1 aromatic carbocycles. The maximum absolute atomic E-state index is 5.64. The first-order valence-electron chi connectivity index (χ1n) is 5.50. The normalized spacial score (nSPS) is 11.9. The molecule has 0 saturated carbocycles. The molecule has 0 unspecified atom stereocenters. The zero-order valence-corrected chi connectivity index (χ0v) is 12.0. The van der Waals surface area contributed by atoms with Gasteiger partial charge in [-0.1, -0.05) is 12.1 Å². The third kappa shape index (κ3) is 3.29. The molecule has 0 heterocycles. The first kappa shape index (κ1) is 14.2. The van der Waals surface area contributed by atoms with Crippen LogP contribution in [0, 0.1) is 0 Å². The van der Waals surface area contributed by atoms with E-state index in [0.29, 0.717) is 0 Å². The van der Waals surface area contributed by atoms with Crippen molar-refractivity contribution in [2.75, 3.05) is 21.3 Å². The molecule has 17 heavy (non-hydrogen) atoms. The third-order valence-electron chi connectivity index (χ3n) is 2.37. The average molecular weight is 256 g/mol. The molecule has 0 saturated heterocycles. The van der Waals surface area contributed by atoms with Gasteiger partial charge in [0.15, 0.2) is 0 Å². The van der Waals surface area contributed by atoms with Gasteiger partial charge in [-0.3, -0.25) is 0 Å². The minimum Gasteiger partial charge on any atom is -0.491 e. The summed E-state index contributed by atoms with van der Waals surface area (Å²) in [7, 11) is 2.02. The highest BCUT2D eigenvalue weighted by Gasteiger charge is 2.40. The molecule has 0 atom stereocenters. The summed E-state index contributed by atoms with van der Waals surface area (Å²) in [6.45, 7) is 3.97. The molecule has 96 valence electrons. The number of hydrogen-bond acceptors (Lipinski definition) is 4. The van der Waals surface area contributed by atoms with Crippen LogP contribution in [-0.2, 0) is 13.3 Å². The van der Waals surface area contributed by atoms with E-state index in [1.165, 1.54) is 0 Å². The maximum atomic E-state index is 5.64. The highest BCUT2D eigenvalue weighted by atomic mass is 28.4. The van der Waals surface area contributed by atoms with Crippen molar-refractivity contribution in [3.63, 3.8) is 0 Å². The van der Waals surface area contributed by atoms with Crippen LogP contribution in [0.2, 0.25) is 0 Å². The molecule has 0 bridgehead atoms. The predicted molar refractivity (Wildman–Crippen MR) is 68.6 cm³/mol. The lowest BCUT2D eigenvalue weighted by molar-refractivity contribution is 0.140. The zero-order chi connectivity index (χ0) is 12.9. The van der Waals surface area contributed by atoms with E-state index >= 15 is 0 Å². The lowest BCUT2D eigenvalue weighted by Crippen LogP contribution is -2.54. The van der Waals surface area contributed by atoms with Gasteiger partial charge in [-0.15, -0.1) is 0 Å². The molecule has 0 amide bonds. The predicted octanol–water partition coefficient (Wildman–Crippen LogP) is 1.56. The number of hydrogen-bond donors (Lipinski definition) is 0. The molecule has 0 aliphatic heterocycles. The van der Waals surface area contributed by atoms with E-state index < -0.39 is 8.80 Å². The number of ether oxygens (including phenoxy) is 1. The van der Waals surface area contributed by atoms with Crippen molar-refractivity contribution >= 4 is 14.0 Å². The standard InChI is InChI=1S/C12H20O4Si/c1-10(2)16-11-7-6-8-12(9-11)17(13-3,14-4)15-5/h6-10H,1-5H3. The van der Waals surface area contributed by atoms with Gasteiger partial charge in [0, 0.05) is 26.5 Å². The van der Waals surface area contributed by atoms with Crippen LogP contribution in [-0.4, -0.2) is 36.2 Å². The zero-order valence-electron chi connectivity index (χ0n) is 11.0. The van der Waals surface area contributed by atoms with Gasteiger partial charge in [-0.2, -0.15) is 0 Å². The molecule has 1 aromatic rings. The van der Waals surface area contributed by atoms with E-state index in [0.717, 1.165) is 10.9 Å². The Kier molecular flexibility index (Phi) is 5.14. The molecular formula is C12H20O4Si. The SMILES string of the molecule is CO[Si](OC)(OC)c1cccc(OC(C)C)c1. The van der Waals surface area contributed by atoms with E-state index in [1.54, 1.807) is 21.3 Å². The molecule has 0 aliphatic rings. The van der Waals surface area contributed by atoms with Crippen LogP contribution in [0.4, 0.5) is 0 Å². The molecule has 0 spiro atoms. The van der Waals surface area contributed by atoms with Gasteiger partial charge in [-0.25, -0.2) is 0 Å². The van der Waals surface area contributed by atoms with E-state index in [4.69, 9.17) is 18.0 Å². The highest BCUT2D eigenvalue weighted by Crippen LogP contribution is 2.14. The number of rotatable bonds is 6. The summed E-state index contributed by atoms with van der Waals surface area (Å²) in [6, 6.07) is 7.65. The topological polar surface area (TPSA) is 36.9 Å². The van der Waals surface area contributed by atoms with Crippen molar-refractivity contribution in [2.45, 2.75) is 20.0 Å². The molecule has 1 rings (SSSR count). The van der Waals surface area contributed by atoms with Gasteiger partial charge in [0.1, 0.15) is 5.75 Å². The van der Waals surface area contributed by atoms with Crippen molar-refractivity contribution in [1.29, 1.82) is 0 Å². The fourth-order valence-corrected chi connectivity index (χ4v) is 3.46. The minimum atomic E-state index is -2.76. The summed E-state index contributed by atoms with van der Waals surface area (Å²) >= 11 is 0. The first-order chi connectivity index (χ1) is 8.07. The van der Waals surface area contributed by atoms with Crippen LogP contribution >= 0.6 is 0 Å². The smallest absolute Gasteiger partial charge is 0.491 e. The van der Waals surface area contributed by atoms with E-state index in [1.807, 2.05) is 38.1 Å². The van der Waals surface area contributed by atoms with Crippen molar-refractivity contribution in [3.8, 4) is 5.75 Å². The van der Waals surface area contributed by atoms with Crippen LogP contribution < -0.4 is 9.92 Å². The van der Waals surface area contributed by atoms with Crippen LogP contribution in [0.25, 0.3) is 0 Å². The van der Waals surface area contributed by atoms with Crippen LogP contribution in [0.5, 0.6) is 5.75 Å². The van der Waals surface area contributed by atoms with Crippen molar-refractivity contribution in [1.82, 2.24) is 0 Å². The molecule has 0 N–H and O–H groups in total. The Balaban J connectivity index is 3.04. The highest BCUT2D eigenvalue weighted by molar-refractivity contribution is 6.75. The van der Waals surface area contributed by atoms with E-state index in [-0.39, 0.29) is 6.10 Å². The second-order valence-corrected chi connectivity index (χ2v) is 6.78. The lowest BCUT2D eigenvalue weighted by Gasteiger charge is -2.25. The summed E-state index contributed by atoms with van der Waals surface area (Å²) in [5.41, 5.74) is 0. The molecule has 5 heteroatoms. The van der Waals surface area contributed by atoms with E-state index in [9.17, 15) is 0 Å². The Labute approximate surface area is 104 Å². The summed E-state index contributed by atoms with van der Waals surface area (Å²) in [5.74, 6) is 0.792. The van der Waals surface area contributed by atoms with Gasteiger partial charge >= 0.3 is 8.80 Å². The molecule has 0 fully saturated rings. The Morgan fingerprint density at radius 2 is 1.59 bits per heavy atom. The van der Waals surface area contributed by atoms with Gasteiger partial charge in [0.05, 0.1) is 6.10 Å². The Bertz CT molecular complexity index is 342. The summed E-state index contributed by atoms with van der Waals surface area (Å²) in [4.78, 5) is 0. The Morgan fingerprint density at radius 1 is 1.00 bits per heavy atom. The molecular weight excluding hydrogens is 236 g/mol. The lowest BCUT2D eigenvalue weighted by atomic mass is 10.3. The van der Waals surface area contributed by atoms with Crippen LogP contribution in [0.3, 0.4) is 0 Å². The minimum absolute atomic E-state index is 0.133. The van der Waals surface area contributed by atoms with Gasteiger partial charge in [-0.05, 0) is 26.0 Å². The third-order valence-corrected chi connectivity index (χ3v) is 5.00. The van der Waals surface area contributed by atoms with Crippen LogP contribution in [0.15, 0.2) is 24.3 Å². The van der Waals surface area contributed by atoms with Crippen molar-refractivity contribution in [3.05, 3.63) is 24.3 Å². The average Bonchev–Trinajstić information content (AvgIpc) is 2.32. The fourth-order valence-electron chi connectivity index (χ4n) is 1.64. The Morgan fingerprint density at radius 3 is 2.06 bits per heavy atom.